The van der Waals surface area contributed by atoms with Crippen molar-refractivity contribution in [3.05, 3.63) is 39.4 Å². The molecular formula is C11H10N4O3S2. The van der Waals surface area contributed by atoms with E-state index in [1.54, 1.807) is 12.4 Å². The van der Waals surface area contributed by atoms with E-state index in [2.05, 4.69) is 15.5 Å². The lowest BCUT2D eigenvalue weighted by molar-refractivity contribution is -0.384. The fourth-order valence-corrected chi connectivity index (χ4v) is 2.73. The van der Waals surface area contributed by atoms with Gasteiger partial charge in [0.15, 0.2) is 4.34 Å². The first-order valence-corrected chi connectivity index (χ1v) is 7.36. The molecule has 1 heterocycles. The van der Waals surface area contributed by atoms with E-state index >= 15 is 0 Å². The van der Waals surface area contributed by atoms with Crippen LogP contribution in [0.25, 0.3) is 0 Å². The topological polar surface area (TPSA) is 98.0 Å². The summed E-state index contributed by atoms with van der Waals surface area (Å²) in [5, 5.41) is 20.8. The van der Waals surface area contributed by atoms with Gasteiger partial charge in [0.25, 0.3) is 5.69 Å². The first-order valence-electron chi connectivity index (χ1n) is 5.50. The van der Waals surface area contributed by atoms with Crippen LogP contribution in [-0.2, 0) is 4.79 Å². The summed E-state index contributed by atoms with van der Waals surface area (Å²) in [6.07, 6.45) is 0. The third-order valence-electron chi connectivity index (χ3n) is 2.36. The molecule has 0 spiro atoms. The molecule has 0 saturated heterocycles. The van der Waals surface area contributed by atoms with Crippen LogP contribution in [-0.4, -0.2) is 26.8 Å². The number of non-ortho nitro benzene ring substituents is 1. The Bertz CT molecular complexity index is 631. The zero-order valence-electron chi connectivity index (χ0n) is 10.4. The highest BCUT2D eigenvalue weighted by molar-refractivity contribution is 8.01. The third kappa shape index (κ3) is 3.75. The van der Waals surface area contributed by atoms with Crippen LogP contribution in [0.1, 0.15) is 5.56 Å². The molecule has 0 bridgehead atoms. The van der Waals surface area contributed by atoms with Gasteiger partial charge in [-0.05, 0) is 18.6 Å². The van der Waals surface area contributed by atoms with Crippen molar-refractivity contribution < 1.29 is 9.72 Å². The fraction of sp³-hybridized carbons (Fsp3) is 0.182. The second-order valence-electron chi connectivity index (χ2n) is 3.80. The number of hydrogen-bond acceptors (Lipinski definition) is 7. The summed E-state index contributed by atoms with van der Waals surface area (Å²) in [6.45, 7) is 1.71. The number of nitrogens with zero attached hydrogens (tertiary/aromatic N) is 3. The molecular weight excluding hydrogens is 300 g/mol. The molecule has 2 rings (SSSR count). The van der Waals surface area contributed by atoms with Gasteiger partial charge in [0.1, 0.15) is 5.51 Å². The summed E-state index contributed by atoms with van der Waals surface area (Å²) < 4.78 is 0.723. The van der Waals surface area contributed by atoms with Crippen molar-refractivity contribution in [1.29, 1.82) is 0 Å². The van der Waals surface area contributed by atoms with Crippen LogP contribution in [0.2, 0.25) is 0 Å². The van der Waals surface area contributed by atoms with Crippen LogP contribution in [0.3, 0.4) is 0 Å². The van der Waals surface area contributed by atoms with Crippen LogP contribution >= 0.6 is 23.1 Å². The first kappa shape index (κ1) is 14.4. The maximum atomic E-state index is 11.8. The molecule has 1 N–H and O–H groups in total. The minimum atomic E-state index is -0.468. The second kappa shape index (κ2) is 6.44. The van der Waals surface area contributed by atoms with Crippen molar-refractivity contribution in [2.45, 2.75) is 11.3 Å². The molecule has 20 heavy (non-hydrogen) atoms. The molecule has 0 unspecified atom stereocenters. The van der Waals surface area contributed by atoms with E-state index < -0.39 is 4.92 Å². The number of rotatable bonds is 5. The largest absolute Gasteiger partial charge is 0.325 e. The van der Waals surface area contributed by atoms with Gasteiger partial charge >= 0.3 is 0 Å². The van der Waals surface area contributed by atoms with Crippen molar-refractivity contribution in [2.75, 3.05) is 11.1 Å². The molecule has 0 saturated carbocycles. The lowest BCUT2D eigenvalue weighted by Gasteiger charge is -2.07. The lowest BCUT2D eigenvalue weighted by atomic mass is 10.2. The Morgan fingerprint density at radius 2 is 2.35 bits per heavy atom. The van der Waals surface area contributed by atoms with E-state index in [1.165, 1.54) is 41.3 Å². The summed E-state index contributed by atoms with van der Waals surface area (Å²) in [7, 11) is 0. The van der Waals surface area contributed by atoms with E-state index in [0.29, 0.717) is 11.3 Å². The lowest BCUT2D eigenvalue weighted by Crippen LogP contribution is -2.14. The fourth-order valence-electron chi connectivity index (χ4n) is 1.44. The van der Waals surface area contributed by atoms with Gasteiger partial charge in [-0.1, -0.05) is 23.1 Å². The number of benzene rings is 1. The number of anilines is 1. The van der Waals surface area contributed by atoms with Crippen LogP contribution in [0.15, 0.2) is 28.0 Å². The quantitative estimate of drug-likeness (QED) is 0.517. The normalized spacial score (nSPS) is 10.2. The molecule has 1 aromatic heterocycles. The molecule has 0 aliphatic carbocycles. The number of aromatic nitrogens is 2. The highest BCUT2D eigenvalue weighted by Crippen LogP contribution is 2.22. The van der Waals surface area contributed by atoms with Crippen LogP contribution in [0, 0.1) is 17.0 Å². The van der Waals surface area contributed by atoms with Crippen molar-refractivity contribution in [1.82, 2.24) is 10.2 Å². The van der Waals surface area contributed by atoms with E-state index in [9.17, 15) is 14.9 Å². The predicted octanol–water partition coefficient (Wildman–Crippen LogP) is 2.49. The standard InChI is InChI=1S/C11H10N4O3S2/c1-7-4-8(15(17)18)2-3-9(7)13-10(16)5-19-11-14-12-6-20-11/h2-4,6H,5H2,1H3,(H,13,16). The number of hydrogen-bond donors (Lipinski definition) is 1. The molecule has 0 fully saturated rings. The van der Waals surface area contributed by atoms with E-state index in [1.807, 2.05) is 0 Å². The monoisotopic (exact) mass is 310 g/mol. The van der Waals surface area contributed by atoms with Gasteiger partial charge < -0.3 is 5.32 Å². The average molecular weight is 310 g/mol. The van der Waals surface area contributed by atoms with Gasteiger partial charge in [0, 0.05) is 17.8 Å². The van der Waals surface area contributed by atoms with Gasteiger partial charge in [-0.25, -0.2) is 0 Å². The number of carbonyl (C=O) groups is 1. The molecule has 7 nitrogen and oxygen atoms in total. The van der Waals surface area contributed by atoms with Gasteiger partial charge in [-0.2, -0.15) is 0 Å². The Balaban J connectivity index is 1.95. The zero-order valence-corrected chi connectivity index (χ0v) is 12.0. The Hall–Kier alpha value is -2.00. The van der Waals surface area contributed by atoms with E-state index in [4.69, 9.17) is 0 Å². The summed E-state index contributed by atoms with van der Waals surface area (Å²) in [4.78, 5) is 21.9. The highest BCUT2D eigenvalue weighted by atomic mass is 32.2. The van der Waals surface area contributed by atoms with Crippen LogP contribution in [0.4, 0.5) is 11.4 Å². The number of nitro groups is 1. The average Bonchev–Trinajstić information content (AvgIpc) is 2.91. The number of aryl methyl sites for hydroxylation is 1. The Labute approximate surface area is 122 Å². The molecule has 0 atom stereocenters. The van der Waals surface area contributed by atoms with Crippen molar-refractivity contribution in [3.63, 3.8) is 0 Å². The number of amides is 1. The number of thioether (sulfide) groups is 1. The van der Waals surface area contributed by atoms with Crippen LogP contribution in [0.5, 0.6) is 0 Å². The SMILES string of the molecule is Cc1cc([N+](=O)[O-])ccc1NC(=O)CSc1nncs1. The number of nitrogens with one attached hydrogen (secondary N) is 1. The smallest absolute Gasteiger partial charge is 0.269 e. The maximum absolute atomic E-state index is 11.8. The summed E-state index contributed by atoms with van der Waals surface area (Å²) in [5.74, 6) is 0.0215. The van der Waals surface area contributed by atoms with E-state index in [0.717, 1.165) is 4.34 Å². The molecule has 2 aromatic rings. The summed E-state index contributed by atoms with van der Waals surface area (Å²) in [5.41, 5.74) is 2.82. The minimum absolute atomic E-state index is 0.00346. The molecule has 9 heteroatoms. The van der Waals surface area contributed by atoms with Crippen LogP contribution < -0.4 is 5.32 Å². The van der Waals surface area contributed by atoms with E-state index in [-0.39, 0.29) is 17.3 Å². The van der Waals surface area contributed by atoms with Crippen molar-refractivity contribution in [2.24, 2.45) is 0 Å². The first-order chi connectivity index (χ1) is 9.56. The zero-order chi connectivity index (χ0) is 14.5. The number of carbonyl (C=O) groups excluding carboxylic acids is 1. The summed E-state index contributed by atoms with van der Waals surface area (Å²) >= 11 is 2.66. The van der Waals surface area contributed by atoms with Gasteiger partial charge in [0.05, 0.1) is 10.7 Å². The Kier molecular flexibility index (Phi) is 4.64. The minimum Gasteiger partial charge on any atom is -0.325 e. The summed E-state index contributed by atoms with van der Waals surface area (Å²) in [6, 6.07) is 4.31. The van der Waals surface area contributed by atoms with Crippen molar-refractivity contribution >= 4 is 40.4 Å². The van der Waals surface area contributed by atoms with Gasteiger partial charge in [-0.3, -0.25) is 14.9 Å². The molecule has 1 aromatic carbocycles. The second-order valence-corrected chi connectivity index (χ2v) is 5.85. The molecule has 104 valence electrons. The highest BCUT2D eigenvalue weighted by Gasteiger charge is 2.11. The number of nitro benzene ring substituents is 1. The Morgan fingerprint density at radius 3 is 2.95 bits per heavy atom. The molecule has 0 aliphatic rings. The van der Waals surface area contributed by atoms with Gasteiger partial charge in [0.2, 0.25) is 5.91 Å². The maximum Gasteiger partial charge on any atom is 0.269 e. The van der Waals surface area contributed by atoms with Gasteiger partial charge in [-0.15, -0.1) is 10.2 Å². The molecule has 0 radical (unpaired) electrons. The van der Waals surface area contributed by atoms with Crippen molar-refractivity contribution in [3.8, 4) is 0 Å². The molecule has 1 amide bonds. The third-order valence-corrected chi connectivity index (χ3v) is 4.22. The Morgan fingerprint density at radius 1 is 1.55 bits per heavy atom. The predicted molar refractivity (Wildman–Crippen MR) is 77.1 cm³/mol. The molecule has 0 aliphatic heterocycles.